The van der Waals surface area contributed by atoms with Gasteiger partial charge in [0.25, 0.3) is 0 Å². The second kappa shape index (κ2) is 20.5. The maximum absolute atomic E-state index is 16.6. The fourth-order valence-corrected chi connectivity index (χ4v) is 13.9. The lowest BCUT2D eigenvalue weighted by molar-refractivity contribution is -0.254. The molecule has 0 aliphatic heterocycles. The molecule has 0 amide bonds. The first kappa shape index (κ1) is 58.1. The van der Waals surface area contributed by atoms with E-state index in [9.17, 15) is 11.1 Å². The van der Waals surface area contributed by atoms with Crippen molar-refractivity contribution in [3.05, 3.63) is 217 Å². The lowest BCUT2D eigenvalue weighted by Gasteiger charge is -2.26. The number of halogens is 6. The van der Waals surface area contributed by atoms with Crippen molar-refractivity contribution in [2.24, 2.45) is 0 Å². The SMILES string of the molecule is Cc1cc(C#Cc2ccc3c(C4=C(c5c(C)sc6cc(C#Cc7cc(C)c(C(=[N+]=[N-])c8c(C)cc(C(C)(C)C)cc8C)c(C)c7)ccc56)C(F)(F)C(F)(F)C4(F)F)c(C)sc3c2)cc(C)c1C(=[N+]=[N-])c1c(C)cc(C(C)(C)C)cc1C. The molecule has 0 radical (unpaired) electrons. The maximum Gasteiger partial charge on any atom is 0.380 e. The van der Waals surface area contributed by atoms with Crippen LogP contribution in [-0.4, -0.2) is 38.8 Å². The van der Waals surface area contributed by atoms with E-state index in [-0.39, 0.29) is 42.5 Å². The number of fused-ring (bicyclic) bond motifs is 2. The van der Waals surface area contributed by atoms with Gasteiger partial charge in [0.15, 0.2) is 0 Å². The van der Waals surface area contributed by atoms with Crippen LogP contribution in [0.1, 0.15) is 163 Å². The van der Waals surface area contributed by atoms with Crippen LogP contribution in [0.5, 0.6) is 0 Å². The summed E-state index contributed by atoms with van der Waals surface area (Å²) in [5, 5.41) is 0.259. The number of nitrogens with zero attached hydrogens (tertiary/aromatic N) is 4. The highest BCUT2D eigenvalue weighted by molar-refractivity contribution is 7.19. The lowest BCUT2D eigenvalue weighted by atomic mass is 9.81. The van der Waals surface area contributed by atoms with Gasteiger partial charge in [-0.25, -0.2) is 0 Å². The van der Waals surface area contributed by atoms with Crippen molar-refractivity contribution in [2.75, 3.05) is 0 Å². The molecule has 81 heavy (non-hydrogen) atoms. The summed E-state index contributed by atoms with van der Waals surface area (Å²) in [7, 11) is 0. The summed E-state index contributed by atoms with van der Waals surface area (Å²) in [6, 6.07) is 25.5. The summed E-state index contributed by atoms with van der Waals surface area (Å²) in [5.74, 6) is -3.59. The Morgan fingerprint density at radius 2 is 0.679 bits per heavy atom. The summed E-state index contributed by atoms with van der Waals surface area (Å²) in [4.78, 5) is 7.93. The number of aryl methyl sites for hydroxylation is 10. The van der Waals surface area contributed by atoms with Gasteiger partial charge in [0, 0.05) is 74.5 Å². The zero-order valence-corrected chi connectivity index (χ0v) is 50.1. The smallest absolute Gasteiger partial charge is 0.361 e. The van der Waals surface area contributed by atoms with E-state index in [0.717, 1.165) is 89.4 Å². The van der Waals surface area contributed by atoms with Crippen LogP contribution in [0.2, 0.25) is 0 Å². The van der Waals surface area contributed by atoms with Gasteiger partial charge in [0.1, 0.15) is 0 Å². The van der Waals surface area contributed by atoms with E-state index in [1.807, 2.05) is 79.7 Å². The Kier molecular flexibility index (Phi) is 14.7. The maximum atomic E-state index is 16.6. The van der Waals surface area contributed by atoms with Gasteiger partial charge >= 0.3 is 29.2 Å². The van der Waals surface area contributed by atoms with Crippen molar-refractivity contribution in [2.45, 2.75) is 139 Å². The van der Waals surface area contributed by atoms with Gasteiger partial charge in [-0.2, -0.15) is 35.9 Å². The molecule has 9 rings (SSSR count). The van der Waals surface area contributed by atoms with Crippen LogP contribution in [0.15, 0.2) is 84.9 Å². The Hall–Kier alpha value is -7.56. The molecule has 0 saturated carbocycles. The molecule has 0 bridgehead atoms. The Bertz CT molecular complexity index is 3940. The van der Waals surface area contributed by atoms with Gasteiger partial charge in [-0.05, 0) is 184 Å². The third-order valence-corrected chi connectivity index (χ3v) is 17.7. The van der Waals surface area contributed by atoms with Crippen LogP contribution in [-0.2, 0) is 10.8 Å². The van der Waals surface area contributed by atoms with E-state index >= 15 is 26.3 Å². The van der Waals surface area contributed by atoms with Gasteiger partial charge in [0.05, 0.1) is 22.3 Å². The van der Waals surface area contributed by atoms with E-state index in [1.165, 1.54) is 37.1 Å². The molecular formula is C69H62F6N4S2. The second-order valence-corrected chi connectivity index (χ2v) is 26.3. The Labute approximate surface area is 478 Å². The van der Waals surface area contributed by atoms with Crippen molar-refractivity contribution in [3.63, 3.8) is 0 Å². The number of thiophene rings is 2. The van der Waals surface area contributed by atoms with E-state index in [1.54, 1.807) is 24.3 Å². The second-order valence-electron chi connectivity index (χ2n) is 23.8. The molecule has 0 N–H and O–H groups in total. The third-order valence-electron chi connectivity index (χ3n) is 15.6. The molecule has 8 aromatic rings. The highest BCUT2D eigenvalue weighted by atomic mass is 32.1. The fraction of sp³-hybridized carbons (Fsp3) is 0.304. The summed E-state index contributed by atoms with van der Waals surface area (Å²) >= 11 is 2.09. The molecule has 2 aromatic heterocycles. The Morgan fingerprint density at radius 1 is 0.407 bits per heavy atom. The third kappa shape index (κ3) is 9.91. The lowest BCUT2D eigenvalue weighted by Crippen LogP contribution is -2.48. The number of allylic oxidation sites excluding steroid dienone is 2. The molecule has 2 heterocycles. The van der Waals surface area contributed by atoms with Crippen LogP contribution in [0.4, 0.5) is 26.3 Å². The zero-order chi connectivity index (χ0) is 59.4. The Balaban J connectivity index is 1.06. The van der Waals surface area contributed by atoms with Crippen LogP contribution < -0.4 is 0 Å². The molecular weight excluding hydrogens is 1060 g/mol. The first-order valence-corrected chi connectivity index (χ1v) is 28.3. The summed E-state index contributed by atoms with van der Waals surface area (Å²) < 4.78 is 98.9. The monoisotopic (exact) mass is 1120 g/mol. The summed E-state index contributed by atoms with van der Waals surface area (Å²) in [6.07, 6.45) is 0. The van der Waals surface area contributed by atoms with Crippen molar-refractivity contribution in [1.82, 2.24) is 0 Å². The number of benzene rings is 6. The summed E-state index contributed by atoms with van der Waals surface area (Å²) in [6.45, 7) is 31.6. The van der Waals surface area contributed by atoms with Crippen molar-refractivity contribution in [1.29, 1.82) is 0 Å². The molecule has 412 valence electrons. The molecule has 1 aliphatic carbocycles. The first-order chi connectivity index (χ1) is 37.7. The van der Waals surface area contributed by atoms with Gasteiger partial charge in [-0.3, -0.25) is 0 Å². The number of hydrogen-bond donors (Lipinski definition) is 0. The molecule has 0 unspecified atom stereocenters. The normalized spacial score (nSPS) is 14.6. The van der Waals surface area contributed by atoms with Crippen LogP contribution in [0.3, 0.4) is 0 Å². The molecule has 4 nitrogen and oxygen atoms in total. The average Bonchev–Trinajstić information content (AvgIpc) is 1.95. The molecule has 0 atom stereocenters. The standard InChI is InChI=1S/C69H62F6N4S2/c1-35-25-47(26-36(2)55(35)63(78-76)57-39(5)29-49(30-40(57)6)65(11,12)13)19-17-45-21-23-51-53(33-45)80-43(9)59(51)61-62(68(72,73)69(74,75)67(61,70)71)60-44(10)81-54-34-46(22-24-52(54)60)18-20-48-27-37(3)56(38(4)28-48)64(79-77)58-41(7)31-50(32-42(58)8)66(14,15)16/h21-34H,1-16H3. The molecule has 6 aromatic carbocycles. The molecule has 0 fully saturated rings. The van der Waals surface area contributed by atoms with Gasteiger partial charge in [-0.15, -0.1) is 22.7 Å². The van der Waals surface area contributed by atoms with Crippen LogP contribution >= 0.6 is 22.7 Å². The van der Waals surface area contributed by atoms with E-state index < -0.39 is 28.9 Å². The van der Waals surface area contributed by atoms with Crippen LogP contribution in [0, 0.1) is 92.9 Å². The van der Waals surface area contributed by atoms with Gasteiger partial charge in [-0.1, -0.05) is 102 Å². The largest absolute Gasteiger partial charge is 0.380 e. The van der Waals surface area contributed by atoms with Gasteiger partial charge < -0.3 is 11.1 Å². The minimum absolute atomic E-state index is 0.0705. The van der Waals surface area contributed by atoms with Crippen molar-refractivity contribution in [3.8, 4) is 23.7 Å². The first-order valence-electron chi connectivity index (χ1n) is 26.6. The number of alkyl halides is 6. The number of rotatable bonds is 6. The molecule has 12 heteroatoms. The number of hydrogen-bond acceptors (Lipinski definition) is 2. The average molecular weight is 1130 g/mol. The highest BCUT2D eigenvalue weighted by Gasteiger charge is 2.80. The minimum atomic E-state index is -5.75. The minimum Gasteiger partial charge on any atom is -0.361 e. The molecule has 0 spiro atoms. The van der Waals surface area contributed by atoms with E-state index in [2.05, 4.69) is 99.1 Å². The van der Waals surface area contributed by atoms with Gasteiger partial charge in [0.2, 0.25) is 0 Å². The van der Waals surface area contributed by atoms with Crippen molar-refractivity contribution >= 4 is 65.4 Å². The summed E-state index contributed by atoms with van der Waals surface area (Å²) in [5.41, 5.74) is 33.2. The molecule has 1 aliphatic rings. The predicted octanol–water partition coefficient (Wildman–Crippen LogP) is 18.6. The van der Waals surface area contributed by atoms with E-state index in [4.69, 9.17) is 0 Å². The topological polar surface area (TPSA) is 72.8 Å². The van der Waals surface area contributed by atoms with E-state index in [0.29, 0.717) is 43.1 Å². The highest BCUT2D eigenvalue weighted by Crippen LogP contribution is 2.67. The fourth-order valence-electron chi connectivity index (χ4n) is 11.7. The van der Waals surface area contributed by atoms with Crippen molar-refractivity contribution < 1.29 is 35.9 Å². The zero-order valence-electron chi connectivity index (χ0n) is 48.5. The quantitative estimate of drug-likeness (QED) is 0.0523. The van der Waals surface area contributed by atoms with Crippen LogP contribution in [0.25, 0.3) is 42.4 Å². The Morgan fingerprint density at radius 3 is 0.951 bits per heavy atom. The molecule has 0 saturated heterocycles. The predicted molar refractivity (Wildman–Crippen MR) is 321 cm³/mol.